The molecule has 2 aromatic rings. The number of ether oxygens (including phenoxy) is 1. The number of benzene rings is 2. The number of halogens is 3. The van der Waals surface area contributed by atoms with E-state index in [0.717, 1.165) is 6.07 Å². The first kappa shape index (κ1) is 14.7. The molecular weight excluding hydrogens is 285 g/mol. The number of methoxy groups -OCH3 is 1. The van der Waals surface area contributed by atoms with Crippen LogP contribution in [0.15, 0.2) is 30.3 Å². The summed E-state index contributed by atoms with van der Waals surface area (Å²) >= 11 is 0. The molecule has 0 aliphatic rings. The van der Waals surface area contributed by atoms with Crippen molar-refractivity contribution >= 4 is 17.3 Å². The standard InChI is InChI=1S/C14H11F3N2O2/c1-21-11-5-2-7(6-10(11)18)19-14(20)8-3-4-9(15)13(17)12(8)16/h2-6H,18H2,1H3,(H,19,20). The Morgan fingerprint density at radius 2 is 1.86 bits per heavy atom. The zero-order valence-electron chi connectivity index (χ0n) is 10.9. The van der Waals surface area contributed by atoms with Gasteiger partial charge in [0.15, 0.2) is 17.5 Å². The highest BCUT2D eigenvalue weighted by atomic mass is 19.2. The second-order valence-corrected chi connectivity index (χ2v) is 4.13. The molecule has 0 saturated carbocycles. The Balaban J connectivity index is 2.26. The van der Waals surface area contributed by atoms with Crippen LogP contribution in [0.1, 0.15) is 10.4 Å². The number of nitrogens with two attached hydrogens (primary N) is 1. The van der Waals surface area contributed by atoms with E-state index in [1.165, 1.54) is 25.3 Å². The SMILES string of the molecule is COc1ccc(NC(=O)c2ccc(F)c(F)c2F)cc1N. The van der Waals surface area contributed by atoms with Crippen LogP contribution in [0.3, 0.4) is 0 Å². The molecule has 0 spiro atoms. The average molecular weight is 296 g/mol. The molecule has 0 bridgehead atoms. The van der Waals surface area contributed by atoms with E-state index in [2.05, 4.69) is 5.32 Å². The minimum Gasteiger partial charge on any atom is -0.495 e. The maximum Gasteiger partial charge on any atom is 0.258 e. The molecule has 2 rings (SSSR count). The van der Waals surface area contributed by atoms with Crippen LogP contribution in [0.2, 0.25) is 0 Å². The normalized spacial score (nSPS) is 10.3. The Morgan fingerprint density at radius 1 is 1.14 bits per heavy atom. The van der Waals surface area contributed by atoms with Crippen molar-refractivity contribution in [1.82, 2.24) is 0 Å². The summed E-state index contributed by atoms with van der Waals surface area (Å²) in [4.78, 5) is 11.9. The number of nitrogens with one attached hydrogen (secondary N) is 1. The minimum atomic E-state index is -1.70. The third kappa shape index (κ3) is 2.91. The van der Waals surface area contributed by atoms with E-state index in [-0.39, 0.29) is 11.4 Å². The number of hydrogen-bond donors (Lipinski definition) is 2. The van der Waals surface area contributed by atoms with Gasteiger partial charge in [0, 0.05) is 5.69 Å². The Kier molecular flexibility index (Phi) is 4.02. The summed E-state index contributed by atoms with van der Waals surface area (Å²) in [6.07, 6.45) is 0. The fraction of sp³-hybridized carbons (Fsp3) is 0.0714. The van der Waals surface area contributed by atoms with E-state index in [1.54, 1.807) is 0 Å². The molecule has 0 fully saturated rings. The zero-order valence-corrected chi connectivity index (χ0v) is 10.9. The third-order valence-corrected chi connectivity index (χ3v) is 2.77. The maximum absolute atomic E-state index is 13.5. The number of rotatable bonds is 3. The zero-order chi connectivity index (χ0) is 15.6. The number of carbonyl (C=O) groups is 1. The average Bonchev–Trinajstić information content (AvgIpc) is 2.45. The number of carbonyl (C=O) groups excluding carboxylic acids is 1. The molecule has 0 aliphatic carbocycles. The van der Waals surface area contributed by atoms with Gasteiger partial charge in [-0.2, -0.15) is 0 Å². The Labute approximate surface area is 118 Å². The first-order chi connectivity index (χ1) is 9.93. The van der Waals surface area contributed by atoms with Crippen molar-refractivity contribution in [2.45, 2.75) is 0 Å². The van der Waals surface area contributed by atoms with Gasteiger partial charge in [-0.1, -0.05) is 0 Å². The van der Waals surface area contributed by atoms with Crippen LogP contribution in [0.4, 0.5) is 24.5 Å². The predicted molar refractivity (Wildman–Crippen MR) is 71.7 cm³/mol. The van der Waals surface area contributed by atoms with Crippen molar-refractivity contribution in [3.8, 4) is 5.75 Å². The largest absolute Gasteiger partial charge is 0.495 e. The lowest BCUT2D eigenvalue weighted by atomic mass is 10.1. The molecule has 1 amide bonds. The highest BCUT2D eigenvalue weighted by Gasteiger charge is 2.19. The summed E-state index contributed by atoms with van der Waals surface area (Å²) in [5.74, 6) is -5.12. The van der Waals surface area contributed by atoms with Crippen molar-refractivity contribution in [3.63, 3.8) is 0 Å². The first-order valence-corrected chi connectivity index (χ1v) is 5.82. The van der Waals surface area contributed by atoms with Crippen LogP contribution < -0.4 is 15.8 Å². The summed E-state index contributed by atoms with van der Waals surface area (Å²) in [5, 5.41) is 2.33. The van der Waals surface area contributed by atoms with Crippen molar-refractivity contribution in [2.75, 3.05) is 18.2 Å². The molecule has 7 heteroatoms. The van der Waals surface area contributed by atoms with E-state index >= 15 is 0 Å². The molecule has 2 aromatic carbocycles. The van der Waals surface area contributed by atoms with E-state index < -0.39 is 28.9 Å². The lowest BCUT2D eigenvalue weighted by Gasteiger charge is -2.09. The topological polar surface area (TPSA) is 64.3 Å². The van der Waals surface area contributed by atoms with Gasteiger partial charge in [-0.05, 0) is 30.3 Å². The number of anilines is 2. The Morgan fingerprint density at radius 3 is 2.48 bits per heavy atom. The molecule has 0 aliphatic heterocycles. The van der Waals surface area contributed by atoms with Gasteiger partial charge in [0.05, 0.1) is 18.4 Å². The van der Waals surface area contributed by atoms with E-state index in [1.807, 2.05) is 0 Å². The molecule has 0 unspecified atom stereocenters. The van der Waals surface area contributed by atoms with Gasteiger partial charge in [-0.15, -0.1) is 0 Å². The first-order valence-electron chi connectivity index (χ1n) is 5.82. The van der Waals surface area contributed by atoms with E-state index in [0.29, 0.717) is 11.8 Å². The third-order valence-electron chi connectivity index (χ3n) is 2.77. The molecular formula is C14H11F3N2O2. The molecule has 110 valence electrons. The Hall–Kier alpha value is -2.70. The highest BCUT2D eigenvalue weighted by molar-refractivity contribution is 6.04. The molecule has 0 atom stereocenters. The van der Waals surface area contributed by atoms with Gasteiger partial charge >= 0.3 is 0 Å². The second kappa shape index (κ2) is 5.74. The van der Waals surface area contributed by atoms with Crippen LogP contribution in [-0.2, 0) is 0 Å². The van der Waals surface area contributed by atoms with Gasteiger partial charge in [0.2, 0.25) is 0 Å². The lowest BCUT2D eigenvalue weighted by Crippen LogP contribution is -2.15. The fourth-order valence-corrected chi connectivity index (χ4v) is 1.71. The number of hydrogen-bond acceptors (Lipinski definition) is 3. The van der Waals surface area contributed by atoms with Gasteiger partial charge in [0.25, 0.3) is 5.91 Å². The quantitative estimate of drug-likeness (QED) is 0.676. The predicted octanol–water partition coefficient (Wildman–Crippen LogP) is 2.95. The van der Waals surface area contributed by atoms with E-state index in [4.69, 9.17) is 10.5 Å². The number of nitrogen functional groups attached to an aromatic ring is 1. The van der Waals surface area contributed by atoms with Gasteiger partial charge < -0.3 is 15.8 Å². The lowest BCUT2D eigenvalue weighted by molar-refractivity contribution is 0.102. The molecule has 0 heterocycles. The fourth-order valence-electron chi connectivity index (χ4n) is 1.71. The molecule has 0 aromatic heterocycles. The van der Waals surface area contributed by atoms with Gasteiger partial charge in [-0.25, -0.2) is 13.2 Å². The van der Waals surface area contributed by atoms with Crippen molar-refractivity contribution < 1.29 is 22.7 Å². The summed E-state index contributed by atoms with van der Waals surface area (Å²) in [6.45, 7) is 0. The van der Waals surface area contributed by atoms with Crippen molar-refractivity contribution in [3.05, 3.63) is 53.3 Å². The smallest absolute Gasteiger partial charge is 0.258 e. The summed E-state index contributed by atoms with van der Waals surface area (Å²) in [6, 6.07) is 5.91. The highest BCUT2D eigenvalue weighted by Crippen LogP contribution is 2.25. The minimum absolute atomic E-state index is 0.265. The van der Waals surface area contributed by atoms with Crippen LogP contribution in [0, 0.1) is 17.5 Å². The Bertz CT molecular complexity index is 705. The van der Waals surface area contributed by atoms with Gasteiger partial charge in [0.1, 0.15) is 5.75 Å². The van der Waals surface area contributed by atoms with Crippen LogP contribution in [0.25, 0.3) is 0 Å². The molecule has 0 saturated heterocycles. The monoisotopic (exact) mass is 296 g/mol. The number of amides is 1. The summed E-state index contributed by atoms with van der Waals surface area (Å²) in [7, 11) is 1.43. The molecule has 0 radical (unpaired) electrons. The maximum atomic E-state index is 13.5. The summed E-state index contributed by atoms with van der Waals surface area (Å²) in [5.41, 5.74) is 5.58. The van der Waals surface area contributed by atoms with Crippen LogP contribution in [-0.4, -0.2) is 13.0 Å². The van der Waals surface area contributed by atoms with E-state index in [9.17, 15) is 18.0 Å². The van der Waals surface area contributed by atoms with Crippen molar-refractivity contribution in [1.29, 1.82) is 0 Å². The molecule has 21 heavy (non-hydrogen) atoms. The van der Waals surface area contributed by atoms with Gasteiger partial charge in [-0.3, -0.25) is 4.79 Å². The molecule has 4 nitrogen and oxygen atoms in total. The van der Waals surface area contributed by atoms with Crippen LogP contribution >= 0.6 is 0 Å². The summed E-state index contributed by atoms with van der Waals surface area (Å²) < 4.78 is 44.3. The van der Waals surface area contributed by atoms with Crippen LogP contribution in [0.5, 0.6) is 5.75 Å². The second-order valence-electron chi connectivity index (χ2n) is 4.13. The van der Waals surface area contributed by atoms with Crippen molar-refractivity contribution in [2.24, 2.45) is 0 Å². The molecule has 3 N–H and O–H groups in total.